The number of amides is 1. The Hall–Kier alpha value is -1.44. The third-order valence-corrected chi connectivity index (χ3v) is 7.81. The molecule has 2 aliphatic rings. The number of likely N-dealkylation sites (N-methyl/N-ethyl adjacent to an activating group) is 1. The van der Waals surface area contributed by atoms with Gasteiger partial charge in [-0.3, -0.25) is 4.79 Å². The van der Waals surface area contributed by atoms with Gasteiger partial charge in [0.1, 0.15) is 0 Å². The molecule has 0 bridgehead atoms. The lowest BCUT2D eigenvalue weighted by Crippen LogP contribution is -2.40. The Balaban J connectivity index is 1.84. The van der Waals surface area contributed by atoms with Crippen molar-refractivity contribution in [3.05, 3.63) is 23.8 Å². The fraction of sp³-hybridized carbons (Fsp3) is 0.667. The summed E-state index contributed by atoms with van der Waals surface area (Å²) < 4.78 is 28.6. The molecule has 6 nitrogen and oxygen atoms in total. The number of rotatable bonds is 7. The summed E-state index contributed by atoms with van der Waals surface area (Å²) in [6.07, 6.45) is 6.60. The topological polar surface area (TPSA) is 60.9 Å². The molecule has 7 heteroatoms. The van der Waals surface area contributed by atoms with Gasteiger partial charge in [-0.2, -0.15) is 4.31 Å². The van der Waals surface area contributed by atoms with Crippen LogP contribution in [0.25, 0.3) is 0 Å². The van der Waals surface area contributed by atoms with Crippen LogP contribution in [0.4, 0.5) is 5.69 Å². The monoisotopic (exact) mass is 407 g/mol. The Labute approximate surface area is 169 Å². The Morgan fingerprint density at radius 2 is 1.86 bits per heavy atom. The molecule has 0 spiro atoms. The Bertz CT molecular complexity index is 801. The number of anilines is 1. The lowest BCUT2D eigenvalue weighted by atomic mass is 9.89. The summed E-state index contributed by atoms with van der Waals surface area (Å²) in [6, 6.07) is 5.23. The molecule has 1 fully saturated rings. The molecular weight excluding hydrogens is 374 g/mol. The highest BCUT2D eigenvalue weighted by Crippen LogP contribution is 2.32. The van der Waals surface area contributed by atoms with E-state index < -0.39 is 10.0 Å². The first-order valence-corrected chi connectivity index (χ1v) is 11.8. The first kappa shape index (κ1) is 21.3. The summed E-state index contributed by atoms with van der Waals surface area (Å²) in [5, 5.41) is 0. The Kier molecular flexibility index (Phi) is 6.78. The molecule has 156 valence electrons. The molecule has 1 saturated carbocycles. The molecule has 1 aromatic rings. The third-order valence-electron chi connectivity index (χ3n) is 5.95. The minimum atomic E-state index is -3.55. The van der Waals surface area contributed by atoms with Gasteiger partial charge in [0.15, 0.2) is 0 Å². The van der Waals surface area contributed by atoms with Crippen molar-refractivity contribution < 1.29 is 13.2 Å². The van der Waals surface area contributed by atoms with Crippen molar-refractivity contribution in [2.45, 2.75) is 50.3 Å². The number of fused-ring (bicyclic) bond motifs is 1. The SMILES string of the molecule is CC(=O)N1CCc2cc(S(=O)(=O)N(CCN(C)C)CC3CCCCC3)ccc21. The average Bonchev–Trinajstić information content (AvgIpc) is 3.09. The normalized spacial score (nSPS) is 18.1. The first-order valence-electron chi connectivity index (χ1n) is 10.3. The van der Waals surface area contributed by atoms with Crippen LogP contribution in [0.5, 0.6) is 0 Å². The highest BCUT2D eigenvalue weighted by molar-refractivity contribution is 7.89. The van der Waals surface area contributed by atoms with Gasteiger partial charge in [-0.1, -0.05) is 19.3 Å². The molecule has 0 aromatic heterocycles. The lowest BCUT2D eigenvalue weighted by Gasteiger charge is -2.30. The molecule has 1 aliphatic carbocycles. The van der Waals surface area contributed by atoms with Crippen LogP contribution in [0.1, 0.15) is 44.6 Å². The van der Waals surface area contributed by atoms with Gasteiger partial charge in [0.05, 0.1) is 4.90 Å². The summed E-state index contributed by atoms with van der Waals surface area (Å²) in [7, 11) is 0.387. The molecule has 28 heavy (non-hydrogen) atoms. The van der Waals surface area contributed by atoms with E-state index in [-0.39, 0.29) is 5.91 Å². The van der Waals surface area contributed by atoms with Gasteiger partial charge in [-0.25, -0.2) is 8.42 Å². The second-order valence-corrected chi connectivity index (χ2v) is 10.3. The van der Waals surface area contributed by atoms with E-state index in [0.29, 0.717) is 43.4 Å². The molecule has 1 aromatic carbocycles. The predicted molar refractivity (Wildman–Crippen MR) is 112 cm³/mol. The second kappa shape index (κ2) is 8.93. The van der Waals surface area contributed by atoms with E-state index >= 15 is 0 Å². The molecule has 0 N–H and O–H groups in total. The Morgan fingerprint density at radius 3 is 2.50 bits per heavy atom. The van der Waals surface area contributed by atoms with Crippen molar-refractivity contribution in [2.24, 2.45) is 5.92 Å². The number of hydrogen-bond acceptors (Lipinski definition) is 4. The fourth-order valence-electron chi connectivity index (χ4n) is 4.29. The largest absolute Gasteiger partial charge is 0.312 e. The second-order valence-electron chi connectivity index (χ2n) is 8.38. The van der Waals surface area contributed by atoms with Gasteiger partial charge in [0.2, 0.25) is 15.9 Å². The first-order chi connectivity index (χ1) is 13.3. The van der Waals surface area contributed by atoms with E-state index in [1.165, 1.54) is 19.3 Å². The zero-order valence-electron chi connectivity index (χ0n) is 17.4. The van der Waals surface area contributed by atoms with Crippen molar-refractivity contribution in [3.8, 4) is 0 Å². The summed E-state index contributed by atoms with van der Waals surface area (Å²) in [6.45, 7) is 3.98. The van der Waals surface area contributed by atoms with Crippen LogP contribution in [0.15, 0.2) is 23.1 Å². The van der Waals surface area contributed by atoms with Crippen molar-refractivity contribution in [1.82, 2.24) is 9.21 Å². The van der Waals surface area contributed by atoms with Gasteiger partial charge >= 0.3 is 0 Å². The van der Waals surface area contributed by atoms with Crippen molar-refractivity contribution in [3.63, 3.8) is 0 Å². The molecule has 1 heterocycles. The summed E-state index contributed by atoms with van der Waals surface area (Å²) in [4.78, 5) is 15.9. The van der Waals surface area contributed by atoms with Crippen LogP contribution in [0, 0.1) is 5.92 Å². The molecule has 0 unspecified atom stereocenters. The number of nitrogens with zero attached hydrogens (tertiary/aromatic N) is 3. The van der Waals surface area contributed by atoms with Gasteiger partial charge in [-0.15, -0.1) is 0 Å². The maximum atomic E-state index is 13.5. The van der Waals surface area contributed by atoms with E-state index in [2.05, 4.69) is 0 Å². The van der Waals surface area contributed by atoms with E-state index in [1.807, 2.05) is 19.0 Å². The number of carbonyl (C=O) groups excluding carboxylic acids is 1. The fourth-order valence-corrected chi connectivity index (χ4v) is 5.85. The third kappa shape index (κ3) is 4.75. The lowest BCUT2D eigenvalue weighted by molar-refractivity contribution is -0.116. The van der Waals surface area contributed by atoms with Crippen LogP contribution in [0.3, 0.4) is 0 Å². The average molecular weight is 408 g/mol. The van der Waals surface area contributed by atoms with E-state index in [4.69, 9.17) is 0 Å². The minimum absolute atomic E-state index is 0.000680. The zero-order chi connectivity index (χ0) is 20.3. The maximum Gasteiger partial charge on any atom is 0.243 e. The molecule has 1 amide bonds. The van der Waals surface area contributed by atoms with E-state index in [9.17, 15) is 13.2 Å². The molecule has 1 aliphatic heterocycles. The maximum absolute atomic E-state index is 13.5. The smallest absolute Gasteiger partial charge is 0.243 e. The van der Waals surface area contributed by atoms with E-state index in [1.54, 1.807) is 34.3 Å². The summed E-state index contributed by atoms with van der Waals surface area (Å²) in [5.41, 5.74) is 1.79. The zero-order valence-corrected chi connectivity index (χ0v) is 18.2. The van der Waals surface area contributed by atoms with Crippen molar-refractivity contribution >= 4 is 21.6 Å². The summed E-state index contributed by atoms with van der Waals surface area (Å²) in [5.74, 6) is 0.451. The highest BCUT2D eigenvalue weighted by Gasteiger charge is 2.30. The van der Waals surface area contributed by atoms with Crippen LogP contribution < -0.4 is 4.90 Å². The van der Waals surface area contributed by atoms with Gasteiger partial charge in [0.25, 0.3) is 0 Å². The van der Waals surface area contributed by atoms with Gasteiger partial charge < -0.3 is 9.80 Å². The minimum Gasteiger partial charge on any atom is -0.312 e. The molecular formula is C21H33N3O3S. The molecule has 3 rings (SSSR count). The summed E-state index contributed by atoms with van der Waals surface area (Å²) >= 11 is 0. The van der Waals surface area contributed by atoms with Crippen LogP contribution in [0.2, 0.25) is 0 Å². The van der Waals surface area contributed by atoms with Gasteiger partial charge in [-0.05, 0) is 63.0 Å². The molecule has 0 radical (unpaired) electrons. The van der Waals surface area contributed by atoms with Crippen molar-refractivity contribution in [1.29, 1.82) is 0 Å². The predicted octanol–water partition coefficient (Wildman–Crippen LogP) is 2.73. The Morgan fingerprint density at radius 1 is 1.14 bits per heavy atom. The highest BCUT2D eigenvalue weighted by atomic mass is 32.2. The van der Waals surface area contributed by atoms with Crippen LogP contribution >= 0.6 is 0 Å². The van der Waals surface area contributed by atoms with E-state index in [0.717, 1.165) is 24.1 Å². The van der Waals surface area contributed by atoms with Gasteiger partial charge in [0, 0.05) is 38.8 Å². The number of carbonyl (C=O) groups is 1. The standard InChI is InChI=1S/C21H33N3O3S/c1-17(25)24-12-11-19-15-20(9-10-21(19)24)28(26,27)23(14-13-22(2)3)16-18-7-5-4-6-8-18/h9-10,15,18H,4-8,11-14,16H2,1-3H3. The van der Waals surface area contributed by atoms with Crippen LogP contribution in [-0.2, 0) is 21.2 Å². The van der Waals surface area contributed by atoms with Crippen molar-refractivity contribution in [2.75, 3.05) is 45.2 Å². The molecule has 0 atom stereocenters. The quantitative estimate of drug-likeness (QED) is 0.697. The number of sulfonamides is 1. The number of hydrogen-bond donors (Lipinski definition) is 0. The number of benzene rings is 1. The molecule has 0 saturated heterocycles. The van der Waals surface area contributed by atoms with Crippen LogP contribution in [-0.4, -0.2) is 63.8 Å².